The molecule has 1 amide bonds. The Kier molecular flexibility index (Phi) is 2.95. The van der Waals surface area contributed by atoms with Crippen molar-refractivity contribution >= 4 is 23.2 Å². The molecule has 0 atom stereocenters. The summed E-state index contributed by atoms with van der Waals surface area (Å²) in [5.74, 6) is -0.977. The lowest BCUT2D eigenvalue weighted by Crippen LogP contribution is -2.33. The minimum absolute atomic E-state index is 0.168. The van der Waals surface area contributed by atoms with Gasteiger partial charge in [-0.15, -0.1) is 11.3 Å². The third-order valence-electron chi connectivity index (χ3n) is 3.28. The first-order valence-electron chi connectivity index (χ1n) is 5.53. The van der Waals surface area contributed by atoms with Gasteiger partial charge < -0.3 is 10.4 Å². The lowest BCUT2D eigenvalue weighted by molar-refractivity contribution is -0.143. The number of rotatable bonds is 4. The summed E-state index contributed by atoms with van der Waals surface area (Å²) in [5.41, 5.74) is 0.399. The van der Waals surface area contributed by atoms with Crippen LogP contribution in [0.2, 0.25) is 0 Å². The molecule has 2 N–H and O–H groups in total. The molecular weight excluding hydrogens is 238 g/mol. The van der Waals surface area contributed by atoms with E-state index >= 15 is 0 Å². The Morgan fingerprint density at radius 1 is 1.47 bits per heavy atom. The molecule has 0 radical (unpaired) electrons. The van der Waals surface area contributed by atoms with Crippen molar-refractivity contribution < 1.29 is 14.7 Å². The third kappa shape index (κ3) is 2.34. The Labute approximate surface area is 104 Å². The van der Waals surface area contributed by atoms with E-state index in [0.717, 1.165) is 10.4 Å². The van der Waals surface area contributed by atoms with Crippen LogP contribution in [0.3, 0.4) is 0 Å². The molecule has 2 rings (SSSR count). The van der Waals surface area contributed by atoms with Crippen LogP contribution in [0, 0.1) is 19.3 Å². The molecule has 0 saturated heterocycles. The van der Waals surface area contributed by atoms with Crippen LogP contribution in [0.5, 0.6) is 0 Å². The maximum atomic E-state index is 11.8. The number of amides is 1. The number of hydrogen-bond acceptors (Lipinski definition) is 3. The quantitative estimate of drug-likeness (QED) is 0.862. The zero-order valence-electron chi connectivity index (χ0n) is 9.87. The Morgan fingerprint density at radius 3 is 2.53 bits per heavy atom. The predicted molar refractivity (Wildman–Crippen MR) is 65.4 cm³/mol. The Hall–Kier alpha value is -1.36. The molecule has 4 nitrogen and oxygen atoms in total. The molecule has 0 spiro atoms. The van der Waals surface area contributed by atoms with Crippen molar-refractivity contribution in [3.63, 3.8) is 0 Å². The average Bonchev–Trinajstić information content (AvgIpc) is 2.99. The van der Waals surface area contributed by atoms with E-state index in [1.807, 2.05) is 19.9 Å². The Morgan fingerprint density at radius 2 is 2.12 bits per heavy atom. The maximum absolute atomic E-state index is 11.8. The van der Waals surface area contributed by atoms with Gasteiger partial charge in [-0.05, 0) is 38.3 Å². The monoisotopic (exact) mass is 253 g/mol. The number of hydrogen-bond donors (Lipinski definition) is 2. The summed E-state index contributed by atoms with van der Waals surface area (Å²) in [6.07, 6.45) is 1.32. The first-order chi connectivity index (χ1) is 7.94. The standard InChI is InChI=1S/C12H15NO3S/c1-7-5-9(17-8(7)2)10(14)13-6-12(3-4-12)11(15)16/h5H,3-4,6H2,1-2H3,(H,13,14)(H,15,16). The number of carbonyl (C=O) groups is 2. The van der Waals surface area contributed by atoms with Gasteiger partial charge in [0, 0.05) is 11.4 Å². The molecule has 5 heteroatoms. The van der Waals surface area contributed by atoms with Gasteiger partial charge in [0.25, 0.3) is 5.91 Å². The second kappa shape index (κ2) is 4.14. The van der Waals surface area contributed by atoms with Gasteiger partial charge in [0.1, 0.15) is 0 Å². The third-order valence-corrected chi connectivity index (χ3v) is 4.44. The highest BCUT2D eigenvalue weighted by Gasteiger charge is 2.50. The van der Waals surface area contributed by atoms with E-state index in [1.165, 1.54) is 11.3 Å². The summed E-state index contributed by atoms with van der Waals surface area (Å²) in [4.78, 5) is 24.5. The topological polar surface area (TPSA) is 66.4 Å². The predicted octanol–water partition coefficient (Wildman–Crippen LogP) is 1.96. The molecule has 0 unspecified atom stereocenters. The molecule has 1 saturated carbocycles. The van der Waals surface area contributed by atoms with E-state index in [1.54, 1.807) is 0 Å². The smallest absolute Gasteiger partial charge is 0.311 e. The molecule has 92 valence electrons. The lowest BCUT2D eigenvalue weighted by atomic mass is 10.1. The van der Waals surface area contributed by atoms with Gasteiger partial charge >= 0.3 is 5.97 Å². The van der Waals surface area contributed by atoms with Crippen LogP contribution in [-0.4, -0.2) is 23.5 Å². The van der Waals surface area contributed by atoms with Crippen LogP contribution >= 0.6 is 11.3 Å². The highest BCUT2D eigenvalue weighted by Crippen LogP contribution is 2.45. The van der Waals surface area contributed by atoms with E-state index in [4.69, 9.17) is 5.11 Å². The molecule has 17 heavy (non-hydrogen) atoms. The van der Waals surface area contributed by atoms with Crippen molar-refractivity contribution in [3.05, 3.63) is 21.4 Å². The zero-order valence-corrected chi connectivity index (χ0v) is 10.7. The van der Waals surface area contributed by atoms with E-state index in [9.17, 15) is 9.59 Å². The van der Waals surface area contributed by atoms with Crippen molar-refractivity contribution in [2.24, 2.45) is 5.41 Å². The fourth-order valence-corrected chi connectivity index (χ4v) is 2.59. The van der Waals surface area contributed by atoms with Gasteiger partial charge in [-0.3, -0.25) is 9.59 Å². The van der Waals surface area contributed by atoms with Crippen LogP contribution in [0.1, 0.15) is 33.0 Å². The first kappa shape index (κ1) is 12.1. The fraction of sp³-hybridized carbons (Fsp3) is 0.500. The minimum Gasteiger partial charge on any atom is -0.481 e. The van der Waals surface area contributed by atoms with Crippen LogP contribution < -0.4 is 5.32 Å². The van der Waals surface area contributed by atoms with Gasteiger partial charge in [-0.25, -0.2) is 0 Å². The van der Waals surface area contributed by atoms with E-state index in [2.05, 4.69) is 5.32 Å². The summed E-state index contributed by atoms with van der Waals surface area (Å²) in [7, 11) is 0. The molecule has 1 aliphatic carbocycles. The molecule has 1 aliphatic rings. The molecule has 0 aliphatic heterocycles. The molecule has 0 aromatic carbocycles. The summed E-state index contributed by atoms with van der Waals surface area (Å²) >= 11 is 1.44. The zero-order chi connectivity index (χ0) is 12.6. The number of carbonyl (C=O) groups excluding carboxylic acids is 1. The van der Waals surface area contributed by atoms with Crippen molar-refractivity contribution in [1.29, 1.82) is 0 Å². The highest BCUT2D eigenvalue weighted by molar-refractivity contribution is 7.14. The number of carboxylic acid groups (broad SMARTS) is 1. The van der Waals surface area contributed by atoms with E-state index < -0.39 is 11.4 Å². The van der Waals surface area contributed by atoms with Crippen molar-refractivity contribution in [2.75, 3.05) is 6.54 Å². The van der Waals surface area contributed by atoms with Crippen LogP contribution in [-0.2, 0) is 4.79 Å². The lowest BCUT2D eigenvalue weighted by Gasteiger charge is -2.10. The SMILES string of the molecule is Cc1cc(C(=O)NCC2(C(=O)O)CC2)sc1C. The number of aliphatic carboxylic acids is 1. The summed E-state index contributed by atoms with van der Waals surface area (Å²) in [6, 6.07) is 1.84. The van der Waals surface area contributed by atoms with Crippen LogP contribution in [0.25, 0.3) is 0 Å². The Bertz CT molecular complexity index is 455. The summed E-state index contributed by atoms with van der Waals surface area (Å²) in [5, 5.41) is 11.7. The fourth-order valence-electron chi connectivity index (χ4n) is 1.64. The summed E-state index contributed by atoms with van der Waals surface area (Å²) in [6.45, 7) is 4.16. The number of carboxylic acids is 1. The largest absolute Gasteiger partial charge is 0.481 e. The Balaban J connectivity index is 1.96. The second-order valence-corrected chi connectivity index (χ2v) is 5.87. The molecule has 1 heterocycles. The van der Waals surface area contributed by atoms with Crippen LogP contribution in [0.15, 0.2) is 6.07 Å². The summed E-state index contributed by atoms with van der Waals surface area (Å²) < 4.78 is 0. The molecule has 1 aromatic rings. The first-order valence-corrected chi connectivity index (χ1v) is 6.35. The normalized spacial score (nSPS) is 16.6. The average molecular weight is 253 g/mol. The highest BCUT2D eigenvalue weighted by atomic mass is 32.1. The van der Waals surface area contributed by atoms with Gasteiger partial charge in [-0.1, -0.05) is 0 Å². The molecule has 0 bridgehead atoms. The van der Waals surface area contributed by atoms with E-state index in [0.29, 0.717) is 17.7 Å². The molecule has 1 aromatic heterocycles. The number of nitrogens with one attached hydrogen (secondary N) is 1. The second-order valence-electron chi connectivity index (χ2n) is 4.62. The van der Waals surface area contributed by atoms with Gasteiger partial charge in [0.15, 0.2) is 0 Å². The van der Waals surface area contributed by atoms with Gasteiger partial charge in [0.05, 0.1) is 10.3 Å². The van der Waals surface area contributed by atoms with Crippen molar-refractivity contribution in [2.45, 2.75) is 26.7 Å². The van der Waals surface area contributed by atoms with Crippen molar-refractivity contribution in [1.82, 2.24) is 5.32 Å². The molecule has 1 fully saturated rings. The van der Waals surface area contributed by atoms with Gasteiger partial charge in [0.2, 0.25) is 0 Å². The van der Waals surface area contributed by atoms with Gasteiger partial charge in [-0.2, -0.15) is 0 Å². The van der Waals surface area contributed by atoms with Crippen LogP contribution in [0.4, 0.5) is 0 Å². The van der Waals surface area contributed by atoms with E-state index in [-0.39, 0.29) is 12.5 Å². The number of aryl methyl sites for hydroxylation is 2. The maximum Gasteiger partial charge on any atom is 0.311 e. The number of thiophene rings is 1. The molecular formula is C12H15NO3S. The minimum atomic E-state index is -0.809. The van der Waals surface area contributed by atoms with Crippen molar-refractivity contribution in [3.8, 4) is 0 Å².